The number of rotatable bonds is 5. The molecule has 0 amide bonds. The topological polar surface area (TPSA) is 35.5 Å². The lowest BCUT2D eigenvalue weighted by Crippen LogP contribution is -2.32. The lowest BCUT2D eigenvalue weighted by atomic mass is 9.80. The van der Waals surface area contributed by atoms with E-state index in [1.807, 2.05) is 20.8 Å². The number of hydrogen-bond acceptors (Lipinski definition) is 3. The molecule has 1 saturated carbocycles. The van der Waals surface area contributed by atoms with Gasteiger partial charge in [0, 0.05) is 0 Å². The minimum Gasteiger partial charge on any atom is -0.460 e. The predicted octanol–water partition coefficient (Wildman–Crippen LogP) is 2.92. The van der Waals surface area contributed by atoms with Crippen molar-refractivity contribution in [3.8, 4) is 0 Å². The third kappa shape index (κ3) is 4.97. The largest absolute Gasteiger partial charge is 0.460 e. The summed E-state index contributed by atoms with van der Waals surface area (Å²) in [5, 5.41) is 0. The van der Waals surface area contributed by atoms with Crippen molar-refractivity contribution in [3.63, 3.8) is 0 Å². The van der Waals surface area contributed by atoms with Gasteiger partial charge < -0.3 is 9.47 Å². The highest BCUT2D eigenvalue weighted by Crippen LogP contribution is 2.32. The molecule has 1 rings (SSSR count). The van der Waals surface area contributed by atoms with Crippen LogP contribution in [0.1, 0.15) is 53.4 Å². The standard InChI is InChI=1S/C13H24O3/c1-5-10-8-11(9-10)15-7-6-12(14)16-13(2,3)4/h10-11H,5-9H2,1-4H3. The summed E-state index contributed by atoms with van der Waals surface area (Å²) >= 11 is 0. The Hall–Kier alpha value is -0.570. The van der Waals surface area contributed by atoms with Crippen molar-refractivity contribution in [1.82, 2.24) is 0 Å². The summed E-state index contributed by atoms with van der Waals surface area (Å²) in [5.41, 5.74) is -0.388. The molecule has 0 aromatic carbocycles. The van der Waals surface area contributed by atoms with Gasteiger partial charge in [0.2, 0.25) is 0 Å². The van der Waals surface area contributed by atoms with Crippen LogP contribution in [0.4, 0.5) is 0 Å². The average molecular weight is 228 g/mol. The second-order valence-electron chi connectivity index (χ2n) is 5.57. The summed E-state index contributed by atoms with van der Waals surface area (Å²) in [6, 6.07) is 0. The molecular weight excluding hydrogens is 204 g/mol. The highest BCUT2D eigenvalue weighted by molar-refractivity contribution is 5.69. The Bertz CT molecular complexity index is 224. The van der Waals surface area contributed by atoms with Crippen LogP contribution in [0, 0.1) is 5.92 Å². The minimum absolute atomic E-state index is 0.168. The molecule has 0 radical (unpaired) electrons. The van der Waals surface area contributed by atoms with Crippen LogP contribution in [-0.4, -0.2) is 24.3 Å². The van der Waals surface area contributed by atoms with Crippen molar-refractivity contribution in [2.75, 3.05) is 6.61 Å². The summed E-state index contributed by atoms with van der Waals surface area (Å²) in [7, 11) is 0. The van der Waals surface area contributed by atoms with Crippen LogP contribution in [-0.2, 0) is 14.3 Å². The van der Waals surface area contributed by atoms with Crippen molar-refractivity contribution in [2.24, 2.45) is 5.92 Å². The van der Waals surface area contributed by atoms with Crippen molar-refractivity contribution in [1.29, 1.82) is 0 Å². The quantitative estimate of drug-likeness (QED) is 0.679. The van der Waals surface area contributed by atoms with E-state index in [2.05, 4.69) is 6.92 Å². The summed E-state index contributed by atoms with van der Waals surface area (Å²) in [6.07, 6.45) is 4.30. The summed E-state index contributed by atoms with van der Waals surface area (Å²) in [5.74, 6) is 0.672. The lowest BCUT2D eigenvalue weighted by Gasteiger charge is -2.34. The highest BCUT2D eigenvalue weighted by atomic mass is 16.6. The van der Waals surface area contributed by atoms with E-state index in [0.717, 1.165) is 18.8 Å². The molecular formula is C13H24O3. The normalized spacial score (nSPS) is 25.0. The Morgan fingerprint density at radius 2 is 1.94 bits per heavy atom. The fourth-order valence-corrected chi connectivity index (χ4v) is 1.85. The predicted molar refractivity (Wildman–Crippen MR) is 63.2 cm³/mol. The number of hydrogen-bond donors (Lipinski definition) is 0. The van der Waals surface area contributed by atoms with Crippen LogP contribution < -0.4 is 0 Å². The van der Waals surface area contributed by atoms with E-state index < -0.39 is 0 Å². The maximum atomic E-state index is 11.4. The molecule has 1 aliphatic carbocycles. The maximum absolute atomic E-state index is 11.4. The molecule has 0 saturated heterocycles. The first kappa shape index (κ1) is 13.5. The van der Waals surface area contributed by atoms with Gasteiger partial charge in [0.25, 0.3) is 0 Å². The molecule has 1 fully saturated rings. The number of carbonyl (C=O) groups excluding carboxylic acids is 1. The second kappa shape index (κ2) is 5.67. The molecule has 0 aromatic rings. The van der Waals surface area contributed by atoms with Crippen molar-refractivity contribution in [2.45, 2.75) is 65.1 Å². The Kier molecular flexibility index (Phi) is 4.78. The van der Waals surface area contributed by atoms with Crippen LogP contribution in [0.2, 0.25) is 0 Å². The van der Waals surface area contributed by atoms with E-state index in [0.29, 0.717) is 19.1 Å². The molecule has 16 heavy (non-hydrogen) atoms. The van der Waals surface area contributed by atoms with Crippen LogP contribution in [0.25, 0.3) is 0 Å². The van der Waals surface area contributed by atoms with Crippen LogP contribution in [0.3, 0.4) is 0 Å². The van der Waals surface area contributed by atoms with Crippen molar-refractivity contribution >= 4 is 5.97 Å². The number of carbonyl (C=O) groups is 1. The summed E-state index contributed by atoms with van der Waals surface area (Å²) in [6.45, 7) is 8.34. The SMILES string of the molecule is CCC1CC(OCCC(=O)OC(C)(C)C)C1. The van der Waals surface area contributed by atoms with Crippen LogP contribution in [0.5, 0.6) is 0 Å². The zero-order valence-corrected chi connectivity index (χ0v) is 10.9. The molecule has 3 nitrogen and oxygen atoms in total. The monoisotopic (exact) mass is 228 g/mol. The molecule has 0 heterocycles. The molecule has 3 heteroatoms. The minimum atomic E-state index is -0.388. The molecule has 0 spiro atoms. The maximum Gasteiger partial charge on any atom is 0.308 e. The van der Waals surface area contributed by atoms with Gasteiger partial charge in [-0.25, -0.2) is 0 Å². The first-order valence-electron chi connectivity index (χ1n) is 6.24. The Labute approximate surface area is 98.5 Å². The Morgan fingerprint density at radius 1 is 1.31 bits per heavy atom. The third-order valence-corrected chi connectivity index (χ3v) is 2.85. The van der Waals surface area contributed by atoms with Gasteiger partial charge in [-0.1, -0.05) is 13.3 Å². The average Bonchev–Trinajstić information content (AvgIpc) is 2.05. The van der Waals surface area contributed by atoms with Gasteiger partial charge in [-0.3, -0.25) is 4.79 Å². The summed E-state index contributed by atoms with van der Waals surface area (Å²) in [4.78, 5) is 11.4. The van der Waals surface area contributed by atoms with Crippen molar-refractivity contribution in [3.05, 3.63) is 0 Å². The first-order chi connectivity index (χ1) is 7.40. The summed E-state index contributed by atoms with van der Waals surface area (Å²) < 4.78 is 10.8. The zero-order valence-electron chi connectivity index (χ0n) is 10.9. The van der Waals surface area contributed by atoms with E-state index in [1.165, 1.54) is 6.42 Å². The molecule has 0 unspecified atom stereocenters. The Balaban J connectivity index is 2.02. The van der Waals surface area contributed by atoms with Gasteiger partial charge in [0.05, 0.1) is 19.1 Å². The van der Waals surface area contributed by atoms with Crippen molar-refractivity contribution < 1.29 is 14.3 Å². The van der Waals surface area contributed by atoms with Gasteiger partial charge >= 0.3 is 5.97 Å². The first-order valence-corrected chi connectivity index (χ1v) is 6.24. The molecule has 1 aliphatic rings. The van der Waals surface area contributed by atoms with E-state index >= 15 is 0 Å². The van der Waals surface area contributed by atoms with E-state index in [4.69, 9.17) is 9.47 Å². The molecule has 0 aromatic heterocycles. The molecule has 0 atom stereocenters. The molecule has 0 bridgehead atoms. The molecule has 94 valence electrons. The van der Waals surface area contributed by atoms with Crippen LogP contribution in [0.15, 0.2) is 0 Å². The van der Waals surface area contributed by atoms with Gasteiger partial charge in [0.15, 0.2) is 0 Å². The lowest BCUT2D eigenvalue weighted by molar-refractivity contribution is -0.157. The van der Waals surface area contributed by atoms with Gasteiger partial charge in [-0.2, -0.15) is 0 Å². The molecule has 0 aliphatic heterocycles. The zero-order chi connectivity index (χ0) is 12.2. The Morgan fingerprint density at radius 3 is 2.44 bits per heavy atom. The number of ether oxygens (including phenoxy) is 2. The van der Waals surface area contributed by atoms with Crippen LogP contribution >= 0.6 is 0 Å². The van der Waals surface area contributed by atoms with Gasteiger partial charge in [-0.15, -0.1) is 0 Å². The van der Waals surface area contributed by atoms with E-state index in [-0.39, 0.29) is 11.6 Å². The fraction of sp³-hybridized carbons (Fsp3) is 0.923. The van der Waals surface area contributed by atoms with E-state index in [1.54, 1.807) is 0 Å². The second-order valence-corrected chi connectivity index (χ2v) is 5.57. The van der Waals surface area contributed by atoms with E-state index in [9.17, 15) is 4.79 Å². The molecule has 0 N–H and O–H groups in total. The smallest absolute Gasteiger partial charge is 0.308 e. The van der Waals surface area contributed by atoms with Gasteiger partial charge in [-0.05, 0) is 39.5 Å². The fourth-order valence-electron chi connectivity index (χ4n) is 1.85. The highest BCUT2D eigenvalue weighted by Gasteiger charge is 2.28. The van der Waals surface area contributed by atoms with Gasteiger partial charge in [0.1, 0.15) is 5.60 Å². The third-order valence-electron chi connectivity index (χ3n) is 2.85. The number of esters is 1.